The highest BCUT2D eigenvalue weighted by Crippen LogP contribution is 2.37. The molecule has 1 aliphatic carbocycles. The van der Waals surface area contributed by atoms with E-state index in [1.165, 1.54) is 12.1 Å². The lowest BCUT2D eigenvalue weighted by atomic mass is 9.96. The highest BCUT2D eigenvalue weighted by atomic mass is 32.2. The van der Waals surface area contributed by atoms with Crippen LogP contribution < -0.4 is 9.46 Å². The molecule has 0 aliphatic heterocycles. The summed E-state index contributed by atoms with van der Waals surface area (Å²) in [6, 6.07) is 20.2. The Balaban J connectivity index is 1.74. The van der Waals surface area contributed by atoms with Crippen LogP contribution in [0.4, 0.5) is 5.69 Å². The van der Waals surface area contributed by atoms with Crippen LogP contribution >= 0.6 is 0 Å². The van der Waals surface area contributed by atoms with E-state index in [9.17, 15) is 18.5 Å². The Morgan fingerprint density at radius 2 is 1.56 bits per heavy atom. The highest BCUT2D eigenvalue weighted by molar-refractivity contribution is 7.89. The first-order chi connectivity index (χ1) is 15.4. The van der Waals surface area contributed by atoms with Gasteiger partial charge in [-0.2, -0.15) is 0 Å². The zero-order valence-corrected chi connectivity index (χ0v) is 18.3. The van der Waals surface area contributed by atoms with Gasteiger partial charge in [0.05, 0.1) is 11.0 Å². The summed E-state index contributed by atoms with van der Waals surface area (Å²) in [5.41, 5.74) is 1.40. The Hall–Kier alpha value is -3.23. The van der Waals surface area contributed by atoms with Crippen molar-refractivity contribution in [1.82, 2.24) is 4.72 Å². The second kappa shape index (κ2) is 9.50. The topological polar surface area (TPSA) is 98.5 Å². The van der Waals surface area contributed by atoms with Gasteiger partial charge < -0.3 is 4.74 Å². The minimum Gasteiger partial charge on any atom is -0.455 e. The molecule has 0 bridgehead atoms. The Morgan fingerprint density at radius 1 is 0.875 bits per heavy atom. The number of hydrogen-bond acceptors (Lipinski definition) is 5. The van der Waals surface area contributed by atoms with Crippen molar-refractivity contribution >= 4 is 15.7 Å². The number of para-hydroxylation sites is 1. The molecule has 0 heterocycles. The SMILES string of the molecule is O=[N+]([O-])c1ccc(S(=O)(=O)NC2CCCCC2)c(Oc2ccccc2-c2ccccc2)c1. The maximum absolute atomic E-state index is 13.2. The van der Waals surface area contributed by atoms with E-state index in [0.29, 0.717) is 5.75 Å². The summed E-state index contributed by atoms with van der Waals surface area (Å²) in [6.45, 7) is 0. The van der Waals surface area contributed by atoms with Crippen LogP contribution in [0.3, 0.4) is 0 Å². The molecule has 0 unspecified atom stereocenters. The van der Waals surface area contributed by atoms with E-state index >= 15 is 0 Å². The van der Waals surface area contributed by atoms with E-state index in [0.717, 1.165) is 49.3 Å². The summed E-state index contributed by atoms with van der Waals surface area (Å²) >= 11 is 0. The highest BCUT2D eigenvalue weighted by Gasteiger charge is 2.27. The predicted octanol–water partition coefficient (Wildman–Crippen LogP) is 5.67. The summed E-state index contributed by atoms with van der Waals surface area (Å²) in [7, 11) is -3.93. The normalized spacial score (nSPS) is 14.8. The summed E-state index contributed by atoms with van der Waals surface area (Å²) in [5.74, 6) is 0.333. The van der Waals surface area contributed by atoms with Crippen LogP contribution in [0.2, 0.25) is 0 Å². The molecule has 0 atom stereocenters. The molecule has 0 spiro atoms. The minimum absolute atomic E-state index is 0.0779. The van der Waals surface area contributed by atoms with Crippen LogP contribution in [0.25, 0.3) is 11.1 Å². The van der Waals surface area contributed by atoms with E-state index in [-0.39, 0.29) is 22.4 Å². The van der Waals surface area contributed by atoms with Gasteiger partial charge in [0.15, 0.2) is 5.75 Å². The van der Waals surface area contributed by atoms with Crippen molar-refractivity contribution < 1.29 is 18.1 Å². The van der Waals surface area contributed by atoms with Crippen LogP contribution in [0.1, 0.15) is 32.1 Å². The molecule has 0 saturated heterocycles. The smallest absolute Gasteiger partial charge is 0.273 e. The summed E-state index contributed by atoms with van der Waals surface area (Å²) in [4.78, 5) is 10.7. The number of nitrogens with zero attached hydrogens (tertiary/aromatic N) is 1. The average Bonchev–Trinajstić information content (AvgIpc) is 2.80. The fraction of sp³-hybridized carbons (Fsp3) is 0.250. The minimum atomic E-state index is -3.93. The molecule has 1 saturated carbocycles. The summed E-state index contributed by atoms with van der Waals surface area (Å²) < 4.78 is 35.2. The number of hydrogen-bond donors (Lipinski definition) is 1. The lowest BCUT2D eigenvalue weighted by Gasteiger charge is -2.23. The number of rotatable bonds is 7. The molecule has 0 radical (unpaired) electrons. The Morgan fingerprint density at radius 3 is 2.28 bits per heavy atom. The molecule has 32 heavy (non-hydrogen) atoms. The Kier molecular flexibility index (Phi) is 6.53. The number of sulfonamides is 1. The molecule has 0 amide bonds. The van der Waals surface area contributed by atoms with Gasteiger partial charge in [0.2, 0.25) is 10.0 Å². The van der Waals surface area contributed by atoms with Gasteiger partial charge in [0.1, 0.15) is 10.6 Å². The van der Waals surface area contributed by atoms with Gasteiger partial charge in [0.25, 0.3) is 5.69 Å². The molecule has 8 heteroatoms. The second-order valence-electron chi connectivity index (χ2n) is 7.81. The fourth-order valence-electron chi connectivity index (χ4n) is 3.95. The van der Waals surface area contributed by atoms with E-state index in [2.05, 4.69) is 4.72 Å². The van der Waals surface area contributed by atoms with Crippen molar-refractivity contribution in [1.29, 1.82) is 0 Å². The lowest BCUT2D eigenvalue weighted by molar-refractivity contribution is -0.385. The molecule has 3 aromatic carbocycles. The standard InChI is InChI=1S/C24H24N2O5S/c27-26(28)20-15-16-24(32(29,30)25-19-11-5-2-6-12-19)23(17-20)31-22-14-8-7-13-21(22)18-9-3-1-4-10-18/h1,3-4,7-10,13-17,19,25H,2,5-6,11-12H2. The van der Waals surface area contributed by atoms with E-state index in [4.69, 9.17) is 4.74 Å². The molecule has 1 fully saturated rings. The van der Waals surface area contributed by atoms with E-state index in [1.54, 1.807) is 12.1 Å². The third-order valence-corrected chi connectivity index (χ3v) is 7.11. The van der Waals surface area contributed by atoms with Crippen LogP contribution in [-0.2, 0) is 10.0 Å². The molecule has 3 aromatic rings. The Labute approximate surface area is 187 Å². The van der Waals surface area contributed by atoms with Crippen LogP contribution in [0, 0.1) is 10.1 Å². The van der Waals surface area contributed by atoms with Gasteiger partial charge in [-0.05, 0) is 30.5 Å². The first-order valence-electron chi connectivity index (χ1n) is 10.6. The van der Waals surface area contributed by atoms with Crippen molar-refractivity contribution in [2.75, 3.05) is 0 Å². The van der Waals surface area contributed by atoms with Crippen LogP contribution in [0.5, 0.6) is 11.5 Å². The first kappa shape index (κ1) is 22.0. The first-order valence-corrected chi connectivity index (χ1v) is 12.1. The van der Waals surface area contributed by atoms with E-state index in [1.807, 2.05) is 42.5 Å². The molecule has 0 aromatic heterocycles. The predicted molar refractivity (Wildman–Crippen MR) is 122 cm³/mol. The molecular formula is C24H24N2O5S. The maximum atomic E-state index is 13.2. The number of non-ortho nitro benzene ring substituents is 1. The van der Waals surface area contributed by atoms with Crippen LogP contribution in [-0.4, -0.2) is 19.4 Å². The zero-order chi connectivity index (χ0) is 22.6. The average molecular weight is 453 g/mol. The number of nitrogens with one attached hydrogen (secondary N) is 1. The van der Waals surface area contributed by atoms with Crippen molar-refractivity contribution in [3.05, 3.63) is 82.9 Å². The zero-order valence-electron chi connectivity index (χ0n) is 17.4. The van der Waals surface area contributed by atoms with Crippen molar-refractivity contribution in [2.45, 2.75) is 43.0 Å². The van der Waals surface area contributed by atoms with Gasteiger partial charge in [-0.15, -0.1) is 0 Å². The summed E-state index contributed by atoms with van der Waals surface area (Å²) in [5, 5.41) is 11.4. The molecule has 1 N–H and O–H groups in total. The molecule has 4 rings (SSSR count). The summed E-state index contributed by atoms with van der Waals surface area (Å²) in [6.07, 6.45) is 4.60. The molecule has 1 aliphatic rings. The molecule has 166 valence electrons. The third-order valence-electron chi connectivity index (χ3n) is 5.55. The van der Waals surface area contributed by atoms with E-state index < -0.39 is 14.9 Å². The van der Waals surface area contributed by atoms with Gasteiger partial charge >= 0.3 is 0 Å². The fourth-order valence-corrected chi connectivity index (χ4v) is 5.36. The van der Waals surface area contributed by atoms with Gasteiger partial charge in [-0.3, -0.25) is 10.1 Å². The van der Waals surface area contributed by atoms with Gasteiger partial charge in [-0.25, -0.2) is 13.1 Å². The number of ether oxygens (including phenoxy) is 1. The second-order valence-corrected chi connectivity index (χ2v) is 9.49. The number of nitro groups is 1. The van der Waals surface area contributed by atoms with Crippen molar-refractivity contribution in [3.8, 4) is 22.6 Å². The van der Waals surface area contributed by atoms with Gasteiger partial charge in [0, 0.05) is 17.7 Å². The quantitative estimate of drug-likeness (QED) is 0.368. The Bertz CT molecular complexity index is 1210. The van der Waals surface area contributed by atoms with Crippen molar-refractivity contribution in [2.24, 2.45) is 0 Å². The third kappa shape index (κ3) is 4.98. The number of nitro benzene ring substituents is 1. The molecular weight excluding hydrogens is 428 g/mol. The maximum Gasteiger partial charge on any atom is 0.273 e. The number of benzene rings is 3. The van der Waals surface area contributed by atoms with Gasteiger partial charge in [-0.1, -0.05) is 67.8 Å². The lowest BCUT2D eigenvalue weighted by Crippen LogP contribution is -2.36. The van der Waals surface area contributed by atoms with Crippen LogP contribution in [0.15, 0.2) is 77.7 Å². The monoisotopic (exact) mass is 452 g/mol. The molecule has 7 nitrogen and oxygen atoms in total. The van der Waals surface area contributed by atoms with Crippen molar-refractivity contribution in [3.63, 3.8) is 0 Å². The largest absolute Gasteiger partial charge is 0.455 e.